The number of nitriles is 1. The van der Waals surface area contributed by atoms with E-state index in [9.17, 15) is 8.78 Å². The molecule has 0 radical (unpaired) electrons. The molecule has 0 bridgehead atoms. The van der Waals surface area contributed by atoms with Gasteiger partial charge >= 0.3 is 0 Å². The largest absolute Gasteiger partial charge is 0.491 e. The molecule has 108 valence electrons. The predicted octanol–water partition coefficient (Wildman–Crippen LogP) is 3.85. The van der Waals surface area contributed by atoms with Crippen LogP contribution >= 0.6 is 0 Å². The van der Waals surface area contributed by atoms with Crippen LogP contribution in [0, 0.1) is 23.0 Å². The number of hydrogen-bond acceptors (Lipinski definition) is 3. The van der Waals surface area contributed by atoms with Crippen LogP contribution in [0.4, 0.5) is 14.5 Å². The van der Waals surface area contributed by atoms with E-state index in [1.807, 2.05) is 6.07 Å². The third-order valence-corrected chi connectivity index (χ3v) is 2.82. The molecule has 2 aromatic rings. The van der Waals surface area contributed by atoms with Crippen LogP contribution in [0.1, 0.15) is 18.1 Å². The molecule has 0 saturated heterocycles. The Kier molecular flexibility index (Phi) is 4.72. The summed E-state index contributed by atoms with van der Waals surface area (Å²) in [7, 11) is 0. The van der Waals surface area contributed by atoms with Gasteiger partial charge in [-0.2, -0.15) is 5.26 Å². The fraction of sp³-hybridized carbons (Fsp3) is 0.188. The summed E-state index contributed by atoms with van der Waals surface area (Å²) >= 11 is 0. The van der Waals surface area contributed by atoms with Crippen LogP contribution in [-0.2, 0) is 6.54 Å². The molecule has 0 amide bonds. The first-order valence-corrected chi connectivity index (χ1v) is 6.48. The summed E-state index contributed by atoms with van der Waals surface area (Å²) in [6.07, 6.45) is 0. The van der Waals surface area contributed by atoms with Gasteiger partial charge in [-0.1, -0.05) is 0 Å². The lowest BCUT2D eigenvalue weighted by atomic mass is 10.1. The molecule has 0 aliphatic heterocycles. The Morgan fingerprint density at radius 2 is 2.00 bits per heavy atom. The zero-order valence-electron chi connectivity index (χ0n) is 11.5. The summed E-state index contributed by atoms with van der Waals surface area (Å²) in [5, 5.41) is 11.8. The first-order valence-electron chi connectivity index (χ1n) is 6.48. The van der Waals surface area contributed by atoms with Crippen LogP contribution in [0.15, 0.2) is 36.4 Å². The van der Waals surface area contributed by atoms with E-state index in [-0.39, 0.29) is 11.3 Å². The van der Waals surface area contributed by atoms with Crippen molar-refractivity contribution in [2.45, 2.75) is 13.5 Å². The molecule has 2 rings (SSSR count). The van der Waals surface area contributed by atoms with Crippen LogP contribution in [0.2, 0.25) is 0 Å². The van der Waals surface area contributed by atoms with Gasteiger partial charge in [0.25, 0.3) is 0 Å². The van der Waals surface area contributed by atoms with E-state index in [0.717, 1.165) is 0 Å². The van der Waals surface area contributed by atoms with Crippen LogP contribution < -0.4 is 10.1 Å². The SMILES string of the molecule is CCOc1ccc(NCc2cc(F)cc(C#N)c2)cc1F. The molecule has 0 heterocycles. The first kappa shape index (κ1) is 14.8. The Morgan fingerprint density at radius 1 is 1.19 bits per heavy atom. The van der Waals surface area contributed by atoms with Gasteiger partial charge in [0.1, 0.15) is 5.82 Å². The van der Waals surface area contributed by atoms with E-state index in [1.165, 1.54) is 24.3 Å². The third-order valence-electron chi connectivity index (χ3n) is 2.82. The number of hydrogen-bond donors (Lipinski definition) is 1. The van der Waals surface area contributed by atoms with Gasteiger partial charge in [0, 0.05) is 18.3 Å². The molecule has 0 fully saturated rings. The van der Waals surface area contributed by atoms with Gasteiger partial charge in [-0.15, -0.1) is 0 Å². The molecular formula is C16H14F2N2O. The highest BCUT2D eigenvalue weighted by Crippen LogP contribution is 2.21. The number of rotatable bonds is 5. The molecule has 2 aromatic carbocycles. The van der Waals surface area contributed by atoms with Crippen molar-refractivity contribution in [2.75, 3.05) is 11.9 Å². The van der Waals surface area contributed by atoms with E-state index < -0.39 is 11.6 Å². The molecule has 1 N–H and O–H groups in total. The molecule has 0 atom stereocenters. The number of nitrogens with one attached hydrogen (secondary N) is 1. The highest BCUT2D eigenvalue weighted by atomic mass is 19.1. The van der Waals surface area contributed by atoms with E-state index in [4.69, 9.17) is 10.00 Å². The summed E-state index contributed by atoms with van der Waals surface area (Å²) in [6, 6.07) is 10.5. The van der Waals surface area contributed by atoms with Crippen molar-refractivity contribution in [1.29, 1.82) is 5.26 Å². The van der Waals surface area contributed by atoms with E-state index in [0.29, 0.717) is 24.4 Å². The van der Waals surface area contributed by atoms with Gasteiger partial charge in [-0.05, 0) is 42.8 Å². The molecule has 0 aliphatic carbocycles. The third kappa shape index (κ3) is 3.93. The fourth-order valence-electron chi connectivity index (χ4n) is 1.90. The minimum Gasteiger partial charge on any atom is -0.491 e. The topological polar surface area (TPSA) is 45.0 Å². The highest BCUT2D eigenvalue weighted by Gasteiger charge is 2.05. The summed E-state index contributed by atoms with van der Waals surface area (Å²) in [6.45, 7) is 2.46. The Morgan fingerprint density at radius 3 is 2.67 bits per heavy atom. The van der Waals surface area contributed by atoms with Crippen LogP contribution in [0.5, 0.6) is 5.75 Å². The maximum absolute atomic E-state index is 13.7. The molecule has 21 heavy (non-hydrogen) atoms. The zero-order valence-corrected chi connectivity index (χ0v) is 11.5. The van der Waals surface area contributed by atoms with Crippen molar-refractivity contribution >= 4 is 5.69 Å². The smallest absolute Gasteiger partial charge is 0.167 e. The number of benzene rings is 2. The molecular weight excluding hydrogens is 274 g/mol. The zero-order chi connectivity index (χ0) is 15.2. The lowest BCUT2D eigenvalue weighted by Gasteiger charge is -2.09. The molecule has 0 aliphatic rings. The number of ether oxygens (including phenoxy) is 1. The van der Waals surface area contributed by atoms with Gasteiger partial charge in [-0.25, -0.2) is 8.78 Å². The molecule has 5 heteroatoms. The normalized spacial score (nSPS) is 10.0. The Labute approximate surface area is 121 Å². The second-order valence-corrected chi connectivity index (χ2v) is 4.39. The van der Waals surface area contributed by atoms with E-state index in [1.54, 1.807) is 19.1 Å². The summed E-state index contributed by atoms with van der Waals surface area (Å²) in [4.78, 5) is 0. The van der Waals surface area contributed by atoms with Crippen molar-refractivity contribution in [3.8, 4) is 11.8 Å². The Balaban J connectivity index is 2.08. The van der Waals surface area contributed by atoms with Crippen molar-refractivity contribution in [3.05, 3.63) is 59.2 Å². The second kappa shape index (κ2) is 6.71. The number of halogens is 2. The van der Waals surface area contributed by atoms with Crippen molar-refractivity contribution in [3.63, 3.8) is 0 Å². The Bertz CT molecular complexity index is 680. The van der Waals surface area contributed by atoms with Crippen molar-refractivity contribution in [1.82, 2.24) is 0 Å². The number of anilines is 1. The van der Waals surface area contributed by atoms with Crippen LogP contribution in [-0.4, -0.2) is 6.61 Å². The van der Waals surface area contributed by atoms with Crippen molar-refractivity contribution in [2.24, 2.45) is 0 Å². The van der Waals surface area contributed by atoms with Gasteiger partial charge in [0.2, 0.25) is 0 Å². The molecule has 0 aromatic heterocycles. The molecule has 0 unspecified atom stereocenters. The summed E-state index contributed by atoms with van der Waals surface area (Å²) in [5.74, 6) is -0.733. The number of nitrogens with zero attached hydrogens (tertiary/aromatic N) is 1. The minimum atomic E-state index is -0.469. The van der Waals surface area contributed by atoms with Crippen LogP contribution in [0.25, 0.3) is 0 Å². The fourth-order valence-corrected chi connectivity index (χ4v) is 1.90. The van der Waals surface area contributed by atoms with E-state index >= 15 is 0 Å². The monoisotopic (exact) mass is 288 g/mol. The van der Waals surface area contributed by atoms with Crippen LogP contribution in [0.3, 0.4) is 0 Å². The minimum absolute atomic E-state index is 0.195. The second-order valence-electron chi connectivity index (χ2n) is 4.39. The maximum atomic E-state index is 13.7. The van der Waals surface area contributed by atoms with Gasteiger partial charge in [0.15, 0.2) is 11.6 Å². The lowest BCUT2D eigenvalue weighted by Crippen LogP contribution is -2.02. The average molecular weight is 288 g/mol. The first-order chi connectivity index (χ1) is 10.1. The van der Waals surface area contributed by atoms with Gasteiger partial charge in [-0.3, -0.25) is 0 Å². The van der Waals surface area contributed by atoms with Gasteiger partial charge in [0.05, 0.1) is 18.2 Å². The highest BCUT2D eigenvalue weighted by molar-refractivity contribution is 5.48. The van der Waals surface area contributed by atoms with E-state index in [2.05, 4.69) is 5.32 Å². The molecule has 0 saturated carbocycles. The summed E-state index contributed by atoms with van der Waals surface area (Å²) in [5.41, 5.74) is 1.42. The Hall–Kier alpha value is -2.61. The molecule has 0 spiro atoms. The lowest BCUT2D eigenvalue weighted by molar-refractivity contribution is 0.321. The summed E-state index contributed by atoms with van der Waals surface area (Å²) < 4.78 is 32.1. The standard InChI is InChI=1S/C16H14F2N2O/c1-2-21-16-4-3-14(8-15(16)18)20-10-12-5-11(9-19)6-13(17)7-12/h3-8,20H,2,10H2,1H3. The van der Waals surface area contributed by atoms with Crippen molar-refractivity contribution < 1.29 is 13.5 Å². The quantitative estimate of drug-likeness (QED) is 0.909. The predicted molar refractivity (Wildman–Crippen MR) is 76.0 cm³/mol. The van der Waals surface area contributed by atoms with Gasteiger partial charge < -0.3 is 10.1 Å². The maximum Gasteiger partial charge on any atom is 0.167 e. The molecule has 3 nitrogen and oxygen atoms in total. The average Bonchev–Trinajstić information content (AvgIpc) is 2.47.